The Labute approximate surface area is 336 Å². The summed E-state index contributed by atoms with van der Waals surface area (Å²) < 4.78 is 5.42. The van der Waals surface area contributed by atoms with Gasteiger partial charge in [-0.2, -0.15) is 10.1 Å². The molecule has 0 heterocycles. The molecule has 0 unspecified atom stereocenters. The Morgan fingerprint density at radius 2 is 1.28 bits per heavy atom. The number of hydrogen-bond acceptors (Lipinski definition) is 10. The Balaban J connectivity index is 0.000000549. The fraction of sp³-hybridized carbons (Fsp3) is 0.595. The molecule has 16 heteroatoms. The molecule has 0 fully saturated rings. The van der Waals surface area contributed by atoms with Gasteiger partial charge in [-0.15, -0.1) is 46.4 Å². The van der Waals surface area contributed by atoms with Crippen molar-refractivity contribution in [2.24, 2.45) is 5.73 Å². The van der Waals surface area contributed by atoms with Crippen molar-refractivity contribution >= 4 is 71.9 Å². The quantitative estimate of drug-likeness (QED) is 0.0368. The number of nitrogens with one attached hydrogen (secondary N) is 1. The van der Waals surface area contributed by atoms with Crippen LogP contribution in [0, 0.1) is 13.8 Å². The normalized spacial score (nSPS) is 12.6. The minimum atomic E-state index is -0.882. The molecular weight excluding hydrogens is 765 g/mol. The molecule has 2 rings (SSSR count). The molecule has 11 nitrogen and oxygen atoms in total. The number of nitrogens with zero attached hydrogens (tertiary/aromatic N) is 2. The van der Waals surface area contributed by atoms with E-state index in [2.05, 4.69) is 11.3 Å². The second kappa shape index (κ2) is 27.6. The number of carbonyl (C=O) groups is 3. The fourth-order valence-corrected chi connectivity index (χ4v) is 5.81. The van der Waals surface area contributed by atoms with E-state index in [4.69, 9.17) is 71.7 Å². The number of hydroxylamine groups is 4. The summed E-state index contributed by atoms with van der Waals surface area (Å²) in [6.45, 7) is 12.7. The van der Waals surface area contributed by atoms with E-state index in [1.807, 2.05) is 65.0 Å². The predicted octanol–water partition coefficient (Wildman–Crippen LogP) is 5.80. The van der Waals surface area contributed by atoms with Crippen LogP contribution in [0.2, 0.25) is 0 Å². The minimum absolute atomic E-state index is 0.0423. The summed E-state index contributed by atoms with van der Waals surface area (Å²) in [6.07, 6.45) is 1.87. The zero-order valence-electron chi connectivity index (χ0n) is 31.6. The van der Waals surface area contributed by atoms with Crippen LogP contribution in [0.5, 0.6) is 0 Å². The van der Waals surface area contributed by atoms with Crippen molar-refractivity contribution in [1.29, 1.82) is 0 Å². The maximum atomic E-state index is 12.3. The van der Waals surface area contributed by atoms with E-state index in [0.29, 0.717) is 81.9 Å². The molecule has 0 saturated carbocycles. The number of carbonyl (C=O) groups excluding carboxylic acids is 2. The van der Waals surface area contributed by atoms with Crippen molar-refractivity contribution in [2.45, 2.75) is 91.2 Å². The molecule has 53 heavy (non-hydrogen) atoms. The van der Waals surface area contributed by atoms with Crippen molar-refractivity contribution < 1.29 is 33.9 Å². The van der Waals surface area contributed by atoms with Crippen molar-refractivity contribution in [2.75, 3.05) is 49.7 Å². The first-order chi connectivity index (χ1) is 25.1. The van der Waals surface area contributed by atoms with Crippen LogP contribution in [0.4, 0.5) is 0 Å². The molecule has 0 spiro atoms. The number of benzene rings is 2. The first kappa shape index (κ1) is 49.1. The number of rotatable bonds is 25. The zero-order valence-corrected chi connectivity index (χ0v) is 34.6. The van der Waals surface area contributed by atoms with Crippen molar-refractivity contribution in [1.82, 2.24) is 15.4 Å². The number of nitrogens with two attached hydrogens (primary N) is 1. The molecule has 0 aliphatic carbocycles. The lowest BCUT2D eigenvalue weighted by Gasteiger charge is -2.23. The van der Waals surface area contributed by atoms with Gasteiger partial charge < -0.3 is 25.6 Å². The highest BCUT2D eigenvalue weighted by atomic mass is 35.5. The number of aryl methyl sites for hydroxylation is 2. The van der Waals surface area contributed by atoms with Gasteiger partial charge in [-0.05, 0) is 80.8 Å². The van der Waals surface area contributed by atoms with Crippen molar-refractivity contribution in [3.63, 3.8) is 0 Å². The summed E-state index contributed by atoms with van der Waals surface area (Å²) in [6, 6.07) is 11.4. The Bertz CT molecular complexity index is 1360. The van der Waals surface area contributed by atoms with Gasteiger partial charge in [0.15, 0.2) is 0 Å². The molecule has 0 aliphatic heterocycles. The second-order valence-electron chi connectivity index (χ2n) is 13.4. The Hall–Kier alpha value is -1.97. The highest BCUT2D eigenvalue weighted by Gasteiger charge is 2.21. The Kier molecular flexibility index (Phi) is 25.5. The van der Waals surface area contributed by atoms with Crippen LogP contribution in [0.3, 0.4) is 0 Å². The summed E-state index contributed by atoms with van der Waals surface area (Å²) >= 11 is 23.1. The Morgan fingerprint density at radius 1 is 0.830 bits per heavy atom. The third kappa shape index (κ3) is 22.9. The number of aliphatic carboxylic acids is 1. The molecule has 297 valence electrons. The molecule has 2 atom stereocenters. The summed E-state index contributed by atoms with van der Waals surface area (Å²) in [5.74, 6) is 0.671. The zero-order chi connectivity index (χ0) is 39.8. The molecule has 2 aromatic rings. The lowest BCUT2D eigenvalue weighted by atomic mass is 9.91. The van der Waals surface area contributed by atoms with Gasteiger partial charge in [0.25, 0.3) is 7.41 Å². The maximum absolute atomic E-state index is 12.3. The molecule has 4 N–H and O–H groups in total. The lowest BCUT2D eigenvalue weighted by molar-refractivity contribution is -0.162. The second-order valence-corrected chi connectivity index (χ2v) is 14.9. The minimum Gasteiger partial charge on any atom is -0.481 e. The number of carboxylic acid groups (broad SMARTS) is 1. The number of hydrogen-bond donors (Lipinski definition) is 3. The van der Waals surface area contributed by atoms with E-state index in [0.717, 1.165) is 33.4 Å². The van der Waals surface area contributed by atoms with E-state index in [-0.39, 0.29) is 24.9 Å². The van der Waals surface area contributed by atoms with Gasteiger partial charge in [0.05, 0.1) is 32.2 Å². The average Bonchev–Trinajstić information content (AvgIpc) is 3.07. The van der Waals surface area contributed by atoms with E-state index >= 15 is 0 Å². The molecular formula is C37H56BCl4N4O7. The van der Waals surface area contributed by atoms with Gasteiger partial charge >= 0.3 is 11.9 Å². The summed E-state index contributed by atoms with van der Waals surface area (Å²) in [5, 5.41) is 15.3. The van der Waals surface area contributed by atoms with Gasteiger partial charge in [-0.3, -0.25) is 19.3 Å². The smallest absolute Gasteiger partial charge is 0.307 e. The van der Waals surface area contributed by atoms with Crippen molar-refractivity contribution in [3.8, 4) is 0 Å². The summed E-state index contributed by atoms with van der Waals surface area (Å²) in [5.41, 5.74) is 11.6. The number of esters is 1. The third-order valence-electron chi connectivity index (χ3n) is 7.61. The van der Waals surface area contributed by atoms with Crippen LogP contribution in [-0.2, 0) is 54.9 Å². The van der Waals surface area contributed by atoms with Gasteiger partial charge in [-0.1, -0.05) is 36.4 Å². The van der Waals surface area contributed by atoms with E-state index < -0.39 is 17.6 Å². The highest BCUT2D eigenvalue weighted by molar-refractivity contribution is 6.64. The molecule has 0 saturated heterocycles. The third-order valence-corrected chi connectivity index (χ3v) is 8.28. The average molecular weight is 821 g/mol. The highest BCUT2D eigenvalue weighted by Crippen LogP contribution is 2.18. The van der Waals surface area contributed by atoms with Crippen LogP contribution < -0.4 is 11.0 Å². The number of carboxylic acids is 1. The van der Waals surface area contributed by atoms with Gasteiger partial charge in [0.2, 0.25) is 0 Å². The predicted molar refractivity (Wildman–Crippen MR) is 215 cm³/mol. The molecule has 0 amide bonds. The Morgan fingerprint density at radius 3 is 1.68 bits per heavy atom. The summed E-state index contributed by atoms with van der Waals surface area (Å²) in [7, 11) is 1.31. The number of alkyl halides is 4. The van der Waals surface area contributed by atoms with Crippen molar-refractivity contribution in [3.05, 3.63) is 69.8 Å². The molecule has 0 aliphatic rings. The lowest BCUT2D eigenvalue weighted by Crippen LogP contribution is -2.38. The fourth-order valence-electron chi connectivity index (χ4n) is 5.05. The first-order valence-electron chi connectivity index (χ1n) is 17.5. The van der Waals surface area contributed by atoms with Gasteiger partial charge in [0, 0.05) is 61.8 Å². The van der Waals surface area contributed by atoms with Crippen LogP contribution in [0.1, 0.15) is 67.0 Å². The SMILES string of the molecule is Cc1ccc(CON(CCCl)CCCl)cc1C[C@@H](CC(=O)OC(C)(C)C)N[B]C=O.Cc1ccc(CON(CCCl)CCCl)cc1C[C@H](N)CC(=O)O. The van der Waals surface area contributed by atoms with E-state index in [1.165, 1.54) is 7.41 Å². The van der Waals surface area contributed by atoms with Crippen LogP contribution in [-0.4, -0.2) is 108 Å². The number of halogens is 4. The largest absolute Gasteiger partial charge is 0.481 e. The molecule has 2 aromatic carbocycles. The molecule has 0 aromatic heterocycles. The number of ether oxygens (including phenoxy) is 1. The van der Waals surface area contributed by atoms with Gasteiger partial charge in [0.1, 0.15) is 5.60 Å². The topological polar surface area (TPSA) is 144 Å². The van der Waals surface area contributed by atoms with Crippen LogP contribution in [0.25, 0.3) is 0 Å². The maximum Gasteiger partial charge on any atom is 0.307 e. The standard InChI is InChI=1S/C21H32BCl2N2O4.C16H24Cl2N2O3/c1-16-5-6-17(14-29-26(9-7-23)10-8-24)11-18(16)12-19(25-22-15-27)13-20(28)30-21(2,3)4;1-12-2-3-13(11-23-20(6-4-17)7-5-18)8-14(12)9-15(19)10-16(21)22/h5-6,11,15,19,25H,7-10,12-14H2,1-4H3;2-3,8,15H,4-7,9-11,19H2,1H3,(H,21,22)/t19-;15-/m00/s1. The first-order valence-corrected chi connectivity index (χ1v) is 19.7. The summed E-state index contributed by atoms with van der Waals surface area (Å²) in [4.78, 5) is 45.3. The monoisotopic (exact) mass is 819 g/mol. The van der Waals surface area contributed by atoms with E-state index in [1.54, 1.807) is 10.1 Å². The van der Waals surface area contributed by atoms with Crippen LogP contribution >= 0.6 is 46.4 Å². The van der Waals surface area contributed by atoms with Gasteiger partial charge in [-0.25, -0.2) is 0 Å². The van der Waals surface area contributed by atoms with Crippen LogP contribution in [0.15, 0.2) is 36.4 Å². The van der Waals surface area contributed by atoms with E-state index in [9.17, 15) is 14.4 Å². The molecule has 0 bridgehead atoms. The molecule has 1 radical (unpaired) electrons.